The van der Waals surface area contributed by atoms with Gasteiger partial charge in [0.15, 0.2) is 0 Å². The summed E-state index contributed by atoms with van der Waals surface area (Å²) in [5.41, 5.74) is 0. The highest BCUT2D eigenvalue weighted by molar-refractivity contribution is 5.76. The Bertz CT molecular complexity index is 376. The number of nitrogens with one attached hydrogen (secondary N) is 1. The topological polar surface area (TPSA) is 69.0 Å². The van der Waals surface area contributed by atoms with E-state index in [-0.39, 0.29) is 17.9 Å². The Morgan fingerprint density at radius 3 is 2.78 bits per heavy atom. The Balaban J connectivity index is 2.59. The standard InChI is InChI=1S/C12H22N4O2/c1-5-18-7-6-10(17)15-11(9(2)3)12-13-8-14-16(12)4/h8-9,11H,5-7H2,1-4H3,(H,15,17)/t11-/m0/s1. The summed E-state index contributed by atoms with van der Waals surface area (Å²) in [7, 11) is 1.82. The lowest BCUT2D eigenvalue weighted by Crippen LogP contribution is -2.34. The number of hydrogen-bond donors (Lipinski definition) is 1. The maximum atomic E-state index is 11.8. The first-order valence-corrected chi connectivity index (χ1v) is 6.27. The molecule has 0 fully saturated rings. The van der Waals surface area contributed by atoms with Gasteiger partial charge in [-0.1, -0.05) is 13.8 Å². The number of carbonyl (C=O) groups is 1. The Hall–Kier alpha value is -1.43. The van der Waals surface area contributed by atoms with Crippen LogP contribution in [-0.4, -0.2) is 33.9 Å². The van der Waals surface area contributed by atoms with Gasteiger partial charge in [-0.15, -0.1) is 0 Å². The number of hydrogen-bond acceptors (Lipinski definition) is 4. The lowest BCUT2D eigenvalue weighted by Gasteiger charge is -2.21. The van der Waals surface area contributed by atoms with Gasteiger partial charge >= 0.3 is 0 Å². The molecule has 0 saturated heterocycles. The zero-order valence-corrected chi connectivity index (χ0v) is 11.5. The smallest absolute Gasteiger partial charge is 0.222 e. The van der Waals surface area contributed by atoms with Crippen LogP contribution in [0.5, 0.6) is 0 Å². The quantitative estimate of drug-likeness (QED) is 0.739. The fraction of sp³-hybridized carbons (Fsp3) is 0.750. The second-order valence-corrected chi connectivity index (χ2v) is 4.48. The van der Waals surface area contributed by atoms with E-state index >= 15 is 0 Å². The first-order chi connectivity index (χ1) is 8.56. The first-order valence-electron chi connectivity index (χ1n) is 6.27. The minimum absolute atomic E-state index is 0.0230. The molecule has 0 unspecified atom stereocenters. The van der Waals surface area contributed by atoms with Gasteiger partial charge in [0.2, 0.25) is 5.91 Å². The third-order valence-corrected chi connectivity index (χ3v) is 2.69. The molecule has 0 aliphatic carbocycles. The third kappa shape index (κ3) is 4.10. The molecule has 6 nitrogen and oxygen atoms in total. The van der Waals surface area contributed by atoms with Crippen molar-refractivity contribution in [1.82, 2.24) is 20.1 Å². The summed E-state index contributed by atoms with van der Waals surface area (Å²) in [4.78, 5) is 16.0. The maximum Gasteiger partial charge on any atom is 0.222 e. The number of nitrogens with zero attached hydrogens (tertiary/aromatic N) is 3. The Labute approximate surface area is 108 Å². The zero-order chi connectivity index (χ0) is 13.5. The number of aryl methyl sites for hydroxylation is 1. The molecule has 0 aliphatic heterocycles. The molecule has 0 radical (unpaired) electrons. The molecular formula is C12H22N4O2. The summed E-state index contributed by atoms with van der Waals surface area (Å²) in [6.45, 7) is 7.08. The highest BCUT2D eigenvalue weighted by Gasteiger charge is 2.22. The highest BCUT2D eigenvalue weighted by Crippen LogP contribution is 2.18. The third-order valence-electron chi connectivity index (χ3n) is 2.69. The predicted octanol–water partition coefficient (Wildman–Crippen LogP) is 1.05. The first kappa shape index (κ1) is 14.6. The second-order valence-electron chi connectivity index (χ2n) is 4.48. The fourth-order valence-corrected chi connectivity index (χ4v) is 1.67. The van der Waals surface area contributed by atoms with Crippen molar-refractivity contribution in [2.75, 3.05) is 13.2 Å². The van der Waals surface area contributed by atoms with Crippen LogP contribution in [0.2, 0.25) is 0 Å². The van der Waals surface area contributed by atoms with Crippen molar-refractivity contribution in [3.05, 3.63) is 12.2 Å². The van der Waals surface area contributed by atoms with Crippen LogP contribution >= 0.6 is 0 Å². The van der Waals surface area contributed by atoms with Crippen molar-refractivity contribution in [2.24, 2.45) is 13.0 Å². The monoisotopic (exact) mass is 254 g/mol. The van der Waals surface area contributed by atoms with E-state index in [9.17, 15) is 4.79 Å². The van der Waals surface area contributed by atoms with Gasteiger partial charge in [-0.2, -0.15) is 5.10 Å². The van der Waals surface area contributed by atoms with Gasteiger partial charge in [-0.25, -0.2) is 4.98 Å². The number of amides is 1. The SMILES string of the molecule is CCOCCC(=O)N[C@H](c1ncnn1C)C(C)C. The molecule has 1 N–H and O–H groups in total. The average Bonchev–Trinajstić information content (AvgIpc) is 2.72. The molecule has 0 bridgehead atoms. The van der Waals surface area contributed by atoms with Crippen LogP contribution < -0.4 is 5.32 Å². The predicted molar refractivity (Wildman–Crippen MR) is 67.8 cm³/mol. The minimum Gasteiger partial charge on any atom is -0.381 e. The van der Waals surface area contributed by atoms with Gasteiger partial charge in [0.05, 0.1) is 12.6 Å². The van der Waals surface area contributed by atoms with E-state index in [1.807, 2.05) is 27.8 Å². The normalized spacial score (nSPS) is 12.7. The molecule has 1 amide bonds. The van der Waals surface area contributed by atoms with Crippen LogP contribution in [-0.2, 0) is 16.6 Å². The zero-order valence-electron chi connectivity index (χ0n) is 11.5. The number of ether oxygens (including phenoxy) is 1. The van der Waals surface area contributed by atoms with Gasteiger partial charge < -0.3 is 10.1 Å². The molecule has 6 heteroatoms. The van der Waals surface area contributed by atoms with E-state index in [0.717, 1.165) is 5.82 Å². The van der Waals surface area contributed by atoms with Crippen molar-refractivity contribution >= 4 is 5.91 Å². The van der Waals surface area contributed by atoms with Crippen LogP contribution in [0, 0.1) is 5.92 Å². The van der Waals surface area contributed by atoms with Crippen LogP contribution in [0.3, 0.4) is 0 Å². The summed E-state index contributed by atoms with van der Waals surface area (Å²) < 4.78 is 6.85. The summed E-state index contributed by atoms with van der Waals surface area (Å²) >= 11 is 0. The molecule has 0 aromatic carbocycles. The largest absolute Gasteiger partial charge is 0.381 e. The van der Waals surface area contributed by atoms with Crippen molar-refractivity contribution in [2.45, 2.75) is 33.2 Å². The summed E-state index contributed by atoms with van der Waals surface area (Å²) in [6, 6.07) is -0.119. The summed E-state index contributed by atoms with van der Waals surface area (Å²) in [5, 5.41) is 7.01. The molecule has 102 valence electrons. The lowest BCUT2D eigenvalue weighted by atomic mass is 10.0. The molecule has 1 rings (SSSR count). The molecule has 1 heterocycles. The van der Waals surface area contributed by atoms with E-state index in [4.69, 9.17) is 4.74 Å². The lowest BCUT2D eigenvalue weighted by molar-refractivity contribution is -0.123. The Kier molecular flexibility index (Phi) is 5.77. The molecular weight excluding hydrogens is 232 g/mol. The second kappa shape index (κ2) is 7.10. The van der Waals surface area contributed by atoms with E-state index in [1.165, 1.54) is 6.33 Å². The number of aromatic nitrogens is 3. The fourth-order valence-electron chi connectivity index (χ4n) is 1.67. The average molecular weight is 254 g/mol. The van der Waals surface area contributed by atoms with Crippen molar-refractivity contribution in [3.8, 4) is 0 Å². The van der Waals surface area contributed by atoms with Gasteiger partial charge in [0.1, 0.15) is 12.2 Å². The Morgan fingerprint density at radius 1 is 1.56 bits per heavy atom. The van der Waals surface area contributed by atoms with Crippen LogP contribution in [0.4, 0.5) is 0 Å². The van der Waals surface area contributed by atoms with Gasteiger partial charge in [0.25, 0.3) is 0 Å². The van der Waals surface area contributed by atoms with Crippen molar-refractivity contribution in [3.63, 3.8) is 0 Å². The van der Waals surface area contributed by atoms with E-state index in [1.54, 1.807) is 4.68 Å². The highest BCUT2D eigenvalue weighted by atomic mass is 16.5. The molecule has 1 atom stereocenters. The summed E-state index contributed by atoms with van der Waals surface area (Å²) in [5.74, 6) is 1.00. The van der Waals surface area contributed by atoms with Crippen LogP contribution in [0.25, 0.3) is 0 Å². The number of carbonyl (C=O) groups excluding carboxylic acids is 1. The van der Waals surface area contributed by atoms with Gasteiger partial charge in [0, 0.05) is 20.1 Å². The minimum atomic E-state index is -0.119. The Morgan fingerprint density at radius 2 is 2.28 bits per heavy atom. The van der Waals surface area contributed by atoms with Crippen molar-refractivity contribution < 1.29 is 9.53 Å². The molecule has 1 aromatic rings. The van der Waals surface area contributed by atoms with Crippen LogP contribution in [0.1, 0.15) is 39.1 Å². The molecule has 18 heavy (non-hydrogen) atoms. The van der Waals surface area contributed by atoms with Gasteiger partial charge in [-0.05, 0) is 12.8 Å². The molecule has 1 aromatic heterocycles. The van der Waals surface area contributed by atoms with Crippen LogP contribution in [0.15, 0.2) is 6.33 Å². The number of rotatable bonds is 7. The van der Waals surface area contributed by atoms with E-state index < -0.39 is 0 Å². The van der Waals surface area contributed by atoms with E-state index in [2.05, 4.69) is 15.4 Å². The molecule has 0 spiro atoms. The van der Waals surface area contributed by atoms with E-state index in [0.29, 0.717) is 19.6 Å². The molecule has 0 saturated carbocycles. The maximum absolute atomic E-state index is 11.8. The molecule has 0 aliphatic rings. The van der Waals surface area contributed by atoms with Crippen molar-refractivity contribution in [1.29, 1.82) is 0 Å². The summed E-state index contributed by atoms with van der Waals surface area (Å²) in [6.07, 6.45) is 1.87. The van der Waals surface area contributed by atoms with Gasteiger partial charge in [-0.3, -0.25) is 9.48 Å².